The number of esters is 1. The van der Waals surface area contributed by atoms with E-state index in [9.17, 15) is 4.79 Å². The SMILES string of the molecule is CC.CC.CCOC(=O)c1cnc2n1CCNC2. The maximum Gasteiger partial charge on any atom is 0.356 e. The molecule has 104 valence electrons. The summed E-state index contributed by atoms with van der Waals surface area (Å²) in [6, 6.07) is 0. The van der Waals surface area contributed by atoms with Crippen LogP contribution < -0.4 is 5.32 Å². The number of rotatable bonds is 2. The minimum absolute atomic E-state index is 0.284. The molecule has 1 aromatic rings. The molecule has 5 nitrogen and oxygen atoms in total. The van der Waals surface area contributed by atoms with E-state index in [2.05, 4.69) is 10.3 Å². The molecule has 0 radical (unpaired) electrons. The highest BCUT2D eigenvalue weighted by Crippen LogP contribution is 2.09. The van der Waals surface area contributed by atoms with Crippen LogP contribution in [0.2, 0.25) is 0 Å². The zero-order valence-corrected chi connectivity index (χ0v) is 12.1. The van der Waals surface area contributed by atoms with Crippen LogP contribution in [0.5, 0.6) is 0 Å². The van der Waals surface area contributed by atoms with Crippen LogP contribution in [-0.2, 0) is 17.8 Å². The van der Waals surface area contributed by atoms with Gasteiger partial charge in [0.2, 0.25) is 0 Å². The standard InChI is InChI=1S/C9H13N3O2.2C2H6/c1-2-14-9(13)7-5-11-8-6-10-3-4-12(7)8;2*1-2/h5,10H,2-4,6H2,1H3;2*1-2H3. The van der Waals surface area contributed by atoms with Gasteiger partial charge in [0.05, 0.1) is 19.3 Å². The highest BCUT2D eigenvalue weighted by atomic mass is 16.5. The third-order valence-electron chi connectivity index (χ3n) is 2.22. The van der Waals surface area contributed by atoms with Crippen LogP contribution >= 0.6 is 0 Å². The van der Waals surface area contributed by atoms with Gasteiger partial charge in [-0.1, -0.05) is 27.7 Å². The summed E-state index contributed by atoms with van der Waals surface area (Å²) in [7, 11) is 0. The molecule has 1 aromatic heterocycles. The summed E-state index contributed by atoms with van der Waals surface area (Å²) in [6.45, 7) is 12.6. The van der Waals surface area contributed by atoms with Crippen molar-refractivity contribution in [1.29, 1.82) is 0 Å². The third-order valence-corrected chi connectivity index (χ3v) is 2.22. The molecule has 0 aliphatic carbocycles. The van der Waals surface area contributed by atoms with Gasteiger partial charge in [-0.3, -0.25) is 0 Å². The zero-order chi connectivity index (χ0) is 14.0. The monoisotopic (exact) mass is 255 g/mol. The van der Waals surface area contributed by atoms with Gasteiger partial charge in [0, 0.05) is 13.1 Å². The van der Waals surface area contributed by atoms with Gasteiger partial charge in [-0.05, 0) is 6.92 Å². The van der Waals surface area contributed by atoms with Crippen molar-refractivity contribution >= 4 is 5.97 Å². The fourth-order valence-corrected chi connectivity index (χ4v) is 1.56. The fourth-order valence-electron chi connectivity index (χ4n) is 1.56. The molecule has 0 bridgehead atoms. The van der Waals surface area contributed by atoms with E-state index >= 15 is 0 Å². The fraction of sp³-hybridized carbons (Fsp3) is 0.692. The van der Waals surface area contributed by atoms with Crippen LogP contribution in [0.3, 0.4) is 0 Å². The Labute approximate surface area is 110 Å². The predicted molar refractivity (Wildman–Crippen MR) is 72.6 cm³/mol. The van der Waals surface area contributed by atoms with Crippen molar-refractivity contribution < 1.29 is 9.53 Å². The van der Waals surface area contributed by atoms with Crippen LogP contribution in [0.4, 0.5) is 0 Å². The summed E-state index contributed by atoms with van der Waals surface area (Å²) in [5, 5.41) is 3.19. The van der Waals surface area contributed by atoms with Gasteiger partial charge in [0.1, 0.15) is 11.5 Å². The maximum atomic E-state index is 11.5. The van der Waals surface area contributed by atoms with Crippen LogP contribution in [0.1, 0.15) is 50.9 Å². The van der Waals surface area contributed by atoms with Crippen molar-refractivity contribution in [3.8, 4) is 0 Å². The van der Waals surface area contributed by atoms with E-state index in [0.29, 0.717) is 12.3 Å². The van der Waals surface area contributed by atoms with Gasteiger partial charge in [0.15, 0.2) is 0 Å². The van der Waals surface area contributed by atoms with Crippen LogP contribution in [0.15, 0.2) is 6.20 Å². The van der Waals surface area contributed by atoms with Crippen LogP contribution in [0, 0.1) is 0 Å². The number of ether oxygens (including phenoxy) is 1. The summed E-state index contributed by atoms with van der Waals surface area (Å²) < 4.78 is 6.84. The average Bonchev–Trinajstić information content (AvgIpc) is 2.87. The van der Waals surface area contributed by atoms with Gasteiger partial charge >= 0.3 is 5.97 Å². The lowest BCUT2D eigenvalue weighted by Gasteiger charge is -2.16. The smallest absolute Gasteiger partial charge is 0.356 e. The molecule has 0 spiro atoms. The molecule has 2 rings (SSSR count). The van der Waals surface area contributed by atoms with Gasteiger partial charge in [-0.2, -0.15) is 0 Å². The molecular formula is C13H25N3O2. The lowest BCUT2D eigenvalue weighted by Crippen LogP contribution is -2.30. The van der Waals surface area contributed by atoms with E-state index in [1.165, 1.54) is 0 Å². The molecule has 0 saturated carbocycles. The molecule has 1 N–H and O–H groups in total. The molecule has 0 atom stereocenters. The Morgan fingerprint density at radius 3 is 2.72 bits per heavy atom. The molecule has 0 amide bonds. The first-order chi connectivity index (χ1) is 8.83. The summed E-state index contributed by atoms with van der Waals surface area (Å²) in [5.74, 6) is 0.618. The number of carbonyl (C=O) groups is 1. The van der Waals surface area contributed by atoms with Gasteiger partial charge < -0.3 is 14.6 Å². The molecule has 0 saturated heterocycles. The van der Waals surface area contributed by atoms with E-state index in [4.69, 9.17) is 4.74 Å². The lowest BCUT2D eigenvalue weighted by molar-refractivity contribution is 0.0512. The quantitative estimate of drug-likeness (QED) is 0.823. The van der Waals surface area contributed by atoms with Crippen molar-refractivity contribution in [3.05, 3.63) is 17.7 Å². The molecule has 1 aliphatic rings. The normalized spacial score (nSPS) is 12.3. The number of imidazole rings is 1. The first kappa shape index (κ1) is 16.6. The third kappa shape index (κ3) is 4.14. The Balaban J connectivity index is 0.000000659. The van der Waals surface area contributed by atoms with Gasteiger partial charge in [-0.15, -0.1) is 0 Å². The Kier molecular flexibility index (Phi) is 8.92. The number of aromatic nitrogens is 2. The number of hydrogen-bond donors (Lipinski definition) is 1. The first-order valence-corrected chi connectivity index (χ1v) is 6.75. The van der Waals surface area contributed by atoms with Crippen LogP contribution in [-0.4, -0.2) is 28.7 Å². The van der Waals surface area contributed by atoms with Crippen molar-refractivity contribution in [3.63, 3.8) is 0 Å². The van der Waals surface area contributed by atoms with Crippen molar-refractivity contribution in [2.75, 3.05) is 13.2 Å². The number of nitrogens with zero attached hydrogens (tertiary/aromatic N) is 2. The number of hydrogen-bond acceptors (Lipinski definition) is 4. The van der Waals surface area contributed by atoms with E-state index in [1.54, 1.807) is 13.1 Å². The maximum absolute atomic E-state index is 11.5. The zero-order valence-electron chi connectivity index (χ0n) is 12.1. The van der Waals surface area contributed by atoms with Crippen LogP contribution in [0.25, 0.3) is 0 Å². The van der Waals surface area contributed by atoms with E-state index in [-0.39, 0.29) is 5.97 Å². The van der Waals surface area contributed by atoms with E-state index in [0.717, 1.165) is 25.5 Å². The highest BCUT2D eigenvalue weighted by Gasteiger charge is 2.18. The summed E-state index contributed by atoms with van der Waals surface area (Å²) in [5.41, 5.74) is 0.559. The van der Waals surface area contributed by atoms with E-state index < -0.39 is 0 Å². The topological polar surface area (TPSA) is 56.1 Å². The highest BCUT2D eigenvalue weighted by molar-refractivity contribution is 5.87. The first-order valence-electron chi connectivity index (χ1n) is 6.75. The molecule has 1 aliphatic heterocycles. The largest absolute Gasteiger partial charge is 0.461 e. The molecular weight excluding hydrogens is 230 g/mol. The summed E-state index contributed by atoms with van der Waals surface area (Å²) in [6.07, 6.45) is 1.58. The Hall–Kier alpha value is -1.36. The summed E-state index contributed by atoms with van der Waals surface area (Å²) >= 11 is 0. The molecule has 0 aromatic carbocycles. The van der Waals surface area contributed by atoms with Crippen molar-refractivity contribution in [1.82, 2.24) is 14.9 Å². The molecule has 2 heterocycles. The van der Waals surface area contributed by atoms with Gasteiger partial charge in [-0.25, -0.2) is 9.78 Å². The van der Waals surface area contributed by atoms with E-state index in [1.807, 2.05) is 32.3 Å². The average molecular weight is 255 g/mol. The molecule has 18 heavy (non-hydrogen) atoms. The Morgan fingerprint density at radius 2 is 2.11 bits per heavy atom. The molecule has 5 heteroatoms. The second kappa shape index (κ2) is 9.65. The molecule has 0 unspecified atom stereocenters. The summed E-state index contributed by atoms with van der Waals surface area (Å²) in [4.78, 5) is 15.6. The lowest BCUT2D eigenvalue weighted by atomic mass is 10.4. The number of carbonyl (C=O) groups excluding carboxylic acids is 1. The van der Waals surface area contributed by atoms with Crippen molar-refractivity contribution in [2.24, 2.45) is 0 Å². The number of fused-ring (bicyclic) bond motifs is 1. The minimum atomic E-state index is -0.284. The van der Waals surface area contributed by atoms with Gasteiger partial charge in [0.25, 0.3) is 0 Å². The predicted octanol–water partition coefficient (Wildman–Crippen LogP) is 2.22. The molecule has 0 fully saturated rings. The Bertz CT molecular complexity index is 348. The second-order valence-electron chi connectivity index (χ2n) is 3.11. The minimum Gasteiger partial charge on any atom is -0.461 e. The second-order valence-corrected chi connectivity index (χ2v) is 3.11. The number of nitrogens with one attached hydrogen (secondary N) is 1. The van der Waals surface area contributed by atoms with Crippen molar-refractivity contribution in [2.45, 2.75) is 47.7 Å². The Morgan fingerprint density at radius 1 is 1.44 bits per heavy atom.